The molecule has 0 amide bonds. The Morgan fingerprint density at radius 1 is 0.833 bits per heavy atom. The fourth-order valence-corrected chi connectivity index (χ4v) is 1.57. The van der Waals surface area contributed by atoms with Gasteiger partial charge in [-0.1, -0.05) is 58.8 Å². The third kappa shape index (κ3) is 29.7. The van der Waals surface area contributed by atoms with Gasteiger partial charge in [0.25, 0.3) is 0 Å². The normalized spacial score (nSPS) is 12.7. The van der Waals surface area contributed by atoms with Gasteiger partial charge in [-0.25, -0.2) is 0 Å². The van der Waals surface area contributed by atoms with Crippen molar-refractivity contribution >= 4 is 10.4 Å². The molecule has 0 fully saturated rings. The number of aliphatic hydroxyl groups excluding tert-OH is 1. The average Bonchev–Trinajstić information content (AvgIpc) is 2.24. The van der Waals surface area contributed by atoms with Gasteiger partial charge in [-0.3, -0.25) is 9.11 Å². The molecule has 0 saturated carbocycles. The minimum Gasteiger partial charge on any atom is -0.393 e. The van der Waals surface area contributed by atoms with Crippen molar-refractivity contribution in [2.24, 2.45) is 0 Å². The lowest BCUT2D eigenvalue weighted by atomic mass is 10.0. The monoisotopic (exact) mass is 284 g/mol. The van der Waals surface area contributed by atoms with Crippen LogP contribution in [0.15, 0.2) is 0 Å². The summed E-state index contributed by atoms with van der Waals surface area (Å²) >= 11 is 0. The highest BCUT2D eigenvalue weighted by Crippen LogP contribution is 2.10. The minimum absolute atomic E-state index is 0.0263. The molecule has 0 aromatic heterocycles. The summed E-state index contributed by atoms with van der Waals surface area (Å²) in [5, 5.41) is 9.54. The summed E-state index contributed by atoms with van der Waals surface area (Å²) in [6, 6.07) is 0. The first-order valence-electron chi connectivity index (χ1n) is 6.69. The second kappa shape index (κ2) is 13.3. The van der Waals surface area contributed by atoms with E-state index in [0.29, 0.717) is 0 Å². The van der Waals surface area contributed by atoms with Crippen LogP contribution in [-0.4, -0.2) is 28.7 Å². The Labute approximate surface area is 111 Å². The lowest BCUT2D eigenvalue weighted by Crippen LogP contribution is -2.05. The molecule has 18 heavy (non-hydrogen) atoms. The number of unbranched alkanes of at least 4 members (excludes halogenated alkanes) is 5. The molecular weight excluding hydrogens is 256 g/mol. The smallest absolute Gasteiger partial charge is 0.393 e. The van der Waals surface area contributed by atoms with Gasteiger partial charge in [0.1, 0.15) is 0 Å². The van der Waals surface area contributed by atoms with E-state index < -0.39 is 10.4 Å². The lowest BCUT2D eigenvalue weighted by molar-refractivity contribution is 0.148. The summed E-state index contributed by atoms with van der Waals surface area (Å²) < 4.78 is 31.6. The molecule has 0 rings (SSSR count). The Morgan fingerprint density at radius 3 is 1.67 bits per heavy atom. The quantitative estimate of drug-likeness (QED) is 0.446. The van der Waals surface area contributed by atoms with E-state index in [1.807, 2.05) is 0 Å². The molecule has 112 valence electrons. The van der Waals surface area contributed by atoms with Crippen molar-refractivity contribution in [3.8, 4) is 0 Å². The van der Waals surface area contributed by atoms with Crippen LogP contribution < -0.4 is 0 Å². The zero-order valence-corrected chi connectivity index (χ0v) is 12.3. The van der Waals surface area contributed by atoms with Crippen LogP contribution in [0, 0.1) is 0 Å². The van der Waals surface area contributed by atoms with E-state index in [1.54, 1.807) is 0 Å². The molecule has 0 aliphatic rings. The molecule has 0 spiro atoms. The Hall–Kier alpha value is -0.170. The highest BCUT2D eigenvalue weighted by molar-refractivity contribution is 7.79. The Morgan fingerprint density at radius 2 is 1.22 bits per heavy atom. The maximum absolute atomic E-state index is 9.54. The van der Waals surface area contributed by atoms with Crippen LogP contribution in [0.2, 0.25) is 0 Å². The molecule has 0 aromatic rings. The highest BCUT2D eigenvalue weighted by Gasteiger charge is 2.01. The molecular formula is C12H28O5S. The summed E-state index contributed by atoms with van der Waals surface area (Å²) in [5.41, 5.74) is 0. The number of aliphatic hydroxyl groups is 1. The van der Waals surface area contributed by atoms with Crippen LogP contribution in [0.4, 0.5) is 0 Å². The molecule has 3 N–H and O–H groups in total. The number of hydrogen-bond acceptors (Lipinski definition) is 3. The second-order valence-corrected chi connectivity index (χ2v) is 5.34. The Kier molecular flexibility index (Phi) is 14.9. The maximum atomic E-state index is 9.54. The zero-order valence-electron chi connectivity index (χ0n) is 11.5. The predicted molar refractivity (Wildman–Crippen MR) is 73.1 cm³/mol. The van der Waals surface area contributed by atoms with Crippen molar-refractivity contribution in [1.29, 1.82) is 0 Å². The predicted octanol–water partition coefficient (Wildman–Crippen LogP) is 3.25. The van der Waals surface area contributed by atoms with Gasteiger partial charge in [0.15, 0.2) is 0 Å². The van der Waals surface area contributed by atoms with Gasteiger partial charge in [0, 0.05) is 0 Å². The summed E-state index contributed by atoms with van der Waals surface area (Å²) in [5.74, 6) is 0. The maximum Gasteiger partial charge on any atom is 0.394 e. The van der Waals surface area contributed by atoms with Gasteiger partial charge >= 0.3 is 10.4 Å². The number of hydrogen-bond donors (Lipinski definition) is 3. The van der Waals surface area contributed by atoms with E-state index in [9.17, 15) is 5.11 Å². The fraction of sp³-hybridized carbons (Fsp3) is 1.00. The lowest BCUT2D eigenvalue weighted by Gasteiger charge is -2.08. The van der Waals surface area contributed by atoms with Crippen molar-refractivity contribution < 1.29 is 22.6 Å². The fourth-order valence-electron chi connectivity index (χ4n) is 1.57. The first-order valence-corrected chi connectivity index (χ1v) is 8.08. The van der Waals surface area contributed by atoms with Gasteiger partial charge in [0.2, 0.25) is 0 Å². The summed E-state index contributed by atoms with van der Waals surface area (Å²) in [6.45, 7) is 4.41. The first kappa shape index (κ1) is 20.2. The van der Waals surface area contributed by atoms with Gasteiger partial charge in [-0.15, -0.1) is 0 Å². The average molecular weight is 284 g/mol. The van der Waals surface area contributed by atoms with E-state index in [-0.39, 0.29) is 6.10 Å². The van der Waals surface area contributed by atoms with Gasteiger partial charge in [-0.05, 0) is 12.8 Å². The third-order valence-electron chi connectivity index (χ3n) is 2.53. The summed E-state index contributed by atoms with van der Waals surface area (Å²) in [7, 11) is -4.67. The van der Waals surface area contributed by atoms with Crippen molar-refractivity contribution in [1.82, 2.24) is 0 Å². The molecule has 0 aliphatic carbocycles. The molecule has 1 unspecified atom stereocenters. The Balaban J connectivity index is 0. The summed E-state index contributed by atoms with van der Waals surface area (Å²) in [4.78, 5) is 0. The van der Waals surface area contributed by atoms with Crippen LogP contribution in [0.25, 0.3) is 0 Å². The first-order chi connectivity index (χ1) is 8.31. The standard InChI is InChI=1S/C12H26O.H2O4S/c1-3-5-7-8-9-11-12(13)10-6-4-2;1-5(2,3)4/h12-13H,3-11H2,1-2H3;(H2,1,2,3,4). The van der Waals surface area contributed by atoms with Gasteiger partial charge in [0.05, 0.1) is 6.10 Å². The minimum atomic E-state index is -4.67. The van der Waals surface area contributed by atoms with E-state index in [1.165, 1.54) is 44.9 Å². The van der Waals surface area contributed by atoms with Crippen LogP contribution in [0.1, 0.15) is 71.6 Å². The van der Waals surface area contributed by atoms with Crippen molar-refractivity contribution in [3.05, 3.63) is 0 Å². The molecule has 0 radical (unpaired) electrons. The molecule has 1 atom stereocenters. The number of rotatable bonds is 9. The molecule has 0 bridgehead atoms. The topological polar surface area (TPSA) is 94.8 Å². The molecule has 0 saturated heterocycles. The molecule has 0 aromatic carbocycles. The van der Waals surface area contributed by atoms with Crippen molar-refractivity contribution in [2.45, 2.75) is 77.7 Å². The SMILES string of the molecule is CCCCCCCC(O)CCCC.O=S(=O)(O)O. The van der Waals surface area contributed by atoms with Crippen molar-refractivity contribution in [3.63, 3.8) is 0 Å². The molecule has 6 heteroatoms. The Bertz CT molecular complexity index is 243. The largest absolute Gasteiger partial charge is 0.394 e. The molecule has 0 heterocycles. The van der Waals surface area contributed by atoms with Gasteiger partial charge < -0.3 is 5.11 Å². The van der Waals surface area contributed by atoms with Crippen LogP contribution >= 0.6 is 0 Å². The van der Waals surface area contributed by atoms with Crippen molar-refractivity contribution in [2.75, 3.05) is 0 Å². The van der Waals surface area contributed by atoms with Crippen LogP contribution in [-0.2, 0) is 10.4 Å². The van der Waals surface area contributed by atoms with Gasteiger partial charge in [-0.2, -0.15) is 8.42 Å². The second-order valence-electron chi connectivity index (χ2n) is 4.45. The van der Waals surface area contributed by atoms with E-state index >= 15 is 0 Å². The van der Waals surface area contributed by atoms with E-state index in [4.69, 9.17) is 17.5 Å². The van der Waals surface area contributed by atoms with Crippen LogP contribution in [0.5, 0.6) is 0 Å². The highest BCUT2D eigenvalue weighted by atomic mass is 32.3. The van der Waals surface area contributed by atoms with E-state index in [2.05, 4.69) is 13.8 Å². The van der Waals surface area contributed by atoms with Crippen LogP contribution in [0.3, 0.4) is 0 Å². The zero-order chi connectivity index (χ0) is 14.4. The third-order valence-corrected chi connectivity index (χ3v) is 2.53. The molecule has 5 nitrogen and oxygen atoms in total. The molecule has 0 aliphatic heterocycles. The van der Waals surface area contributed by atoms with E-state index in [0.717, 1.165) is 12.8 Å². The summed E-state index contributed by atoms with van der Waals surface area (Å²) in [6.07, 6.45) is 10.9.